The molecule has 0 aliphatic rings. The fourth-order valence-corrected chi connectivity index (χ4v) is 0.992. The molecule has 0 saturated carbocycles. The van der Waals surface area contributed by atoms with E-state index in [2.05, 4.69) is 11.9 Å². The zero-order valence-electron chi connectivity index (χ0n) is 8.13. The van der Waals surface area contributed by atoms with Crippen LogP contribution in [-0.4, -0.2) is 37.0 Å². The molecule has 12 heavy (non-hydrogen) atoms. The maximum absolute atomic E-state index is 11.4. The van der Waals surface area contributed by atoms with Gasteiger partial charge in [-0.2, -0.15) is 0 Å². The van der Waals surface area contributed by atoms with E-state index in [1.165, 1.54) is 0 Å². The summed E-state index contributed by atoms with van der Waals surface area (Å²) in [6, 6.07) is 0.240. The standard InChI is InChI=1S/C9H18N2O/c1-5-6-11(8(2)3)9(12)7-10-4/h5,8,10H,1,6-7H2,2-4H3. The highest BCUT2D eigenvalue weighted by atomic mass is 16.2. The number of carbonyl (C=O) groups is 1. The summed E-state index contributed by atoms with van der Waals surface area (Å²) in [6.07, 6.45) is 1.74. The number of hydrogen-bond donors (Lipinski definition) is 1. The Kier molecular flexibility index (Phi) is 5.37. The van der Waals surface area contributed by atoms with Crippen molar-refractivity contribution in [3.8, 4) is 0 Å². The Labute approximate surface area is 74.4 Å². The zero-order chi connectivity index (χ0) is 9.56. The second-order valence-electron chi connectivity index (χ2n) is 2.96. The molecule has 0 radical (unpaired) electrons. The molecule has 3 heteroatoms. The average molecular weight is 170 g/mol. The summed E-state index contributed by atoms with van der Waals surface area (Å²) in [4.78, 5) is 13.2. The Hall–Kier alpha value is -0.830. The van der Waals surface area contributed by atoms with Gasteiger partial charge in [-0.1, -0.05) is 6.08 Å². The van der Waals surface area contributed by atoms with Crippen LogP contribution in [0.25, 0.3) is 0 Å². The van der Waals surface area contributed by atoms with E-state index in [1.54, 1.807) is 18.0 Å². The molecule has 0 aliphatic carbocycles. The minimum atomic E-state index is 0.118. The van der Waals surface area contributed by atoms with E-state index in [0.717, 1.165) is 0 Å². The SMILES string of the molecule is C=CCN(C(=O)CNC)C(C)C. The van der Waals surface area contributed by atoms with Crippen LogP contribution in [-0.2, 0) is 4.79 Å². The minimum Gasteiger partial charge on any atom is -0.335 e. The highest BCUT2D eigenvalue weighted by molar-refractivity contribution is 5.78. The van der Waals surface area contributed by atoms with Crippen molar-refractivity contribution in [2.24, 2.45) is 0 Å². The number of likely N-dealkylation sites (N-methyl/N-ethyl adjacent to an activating group) is 1. The summed E-state index contributed by atoms with van der Waals surface area (Å²) < 4.78 is 0. The quantitative estimate of drug-likeness (QED) is 0.614. The molecule has 0 aliphatic heterocycles. The predicted octanol–water partition coefficient (Wildman–Crippen LogP) is 0.629. The normalized spacial score (nSPS) is 10.0. The lowest BCUT2D eigenvalue weighted by Crippen LogP contribution is -2.41. The third kappa shape index (κ3) is 3.53. The second-order valence-corrected chi connectivity index (χ2v) is 2.96. The largest absolute Gasteiger partial charge is 0.335 e. The minimum absolute atomic E-state index is 0.118. The molecule has 0 aromatic rings. The number of carbonyl (C=O) groups excluding carboxylic acids is 1. The van der Waals surface area contributed by atoms with Crippen molar-refractivity contribution in [2.45, 2.75) is 19.9 Å². The van der Waals surface area contributed by atoms with E-state index in [0.29, 0.717) is 13.1 Å². The average Bonchev–Trinajstić information content (AvgIpc) is 1.99. The van der Waals surface area contributed by atoms with Crippen LogP contribution in [0, 0.1) is 0 Å². The first-order chi connectivity index (χ1) is 5.63. The van der Waals surface area contributed by atoms with Gasteiger partial charge in [0, 0.05) is 12.6 Å². The van der Waals surface area contributed by atoms with E-state index < -0.39 is 0 Å². The number of nitrogens with one attached hydrogen (secondary N) is 1. The van der Waals surface area contributed by atoms with Gasteiger partial charge < -0.3 is 10.2 Å². The first-order valence-electron chi connectivity index (χ1n) is 4.18. The lowest BCUT2D eigenvalue weighted by atomic mass is 10.3. The number of hydrogen-bond acceptors (Lipinski definition) is 2. The van der Waals surface area contributed by atoms with Gasteiger partial charge in [-0.05, 0) is 20.9 Å². The Balaban J connectivity index is 4.08. The highest BCUT2D eigenvalue weighted by Gasteiger charge is 2.13. The lowest BCUT2D eigenvalue weighted by Gasteiger charge is -2.25. The first-order valence-corrected chi connectivity index (χ1v) is 4.18. The van der Waals surface area contributed by atoms with Gasteiger partial charge in [0.25, 0.3) is 0 Å². The van der Waals surface area contributed by atoms with Crippen molar-refractivity contribution in [1.29, 1.82) is 0 Å². The molecule has 0 unspecified atom stereocenters. The maximum atomic E-state index is 11.4. The summed E-state index contributed by atoms with van der Waals surface area (Å²) in [5.41, 5.74) is 0. The monoisotopic (exact) mass is 170 g/mol. The van der Waals surface area contributed by atoms with Crippen molar-refractivity contribution in [3.05, 3.63) is 12.7 Å². The van der Waals surface area contributed by atoms with Crippen LogP contribution in [0.5, 0.6) is 0 Å². The molecule has 1 N–H and O–H groups in total. The second kappa shape index (κ2) is 5.77. The fraction of sp³-hybridized carbons (Fsp3) is 0.667. The third-order valence-electron chi connectivity index (χ3n) is 1.60. The molecule has 3 nitrogen and oxygen atoms in total. The van der Waals surface area contributed by atoms with Crippen LogP contribution >= 0.6 is 0 Å². The molecule has 1 amide bonds. The van der Waals surface area contributed by atoms with Gasteiger partial charge in [0.05, 0.1) is 6.54 Å². The molecule has 70 valence electrons. The Morgan fingerprint density at radius 1 is 1.67 bits per heavy atom. The van der Waals surface area contributed by atoms with E-state index in [-0.39, 0.29) is 11.9 Å². The molecule has 0 aromatic carbocycles. The first kappa shape index (κ1) is 11.2. The maximum Gasteiger partial charge on any atom is 0.237 e. The predicted molar refractivity (Wildman–Crippen MR) is 51.0 cm³/mol. The van der Waals surface area contributed by atoms with Crippen molar-refractivity contribution in [2.75, 3.05) is 20.1 Å². The van der Waals surface area contributed by atoms with Gasteiger partial charge in [0.15, 0.2) is 0 Å². The van der Waals surface area contributed by atoms with Gasteiger partial charge in [-0.3, -0.25) is 4.79 Å². The van der Waals surface area contributed by atoms with E-state index in [4.69, 9.17) is 0 Å². The molecule has 0 heterocycles. The number of nitrogens with zero attached hydrogens (tertiary/aromatic N) is 1. The van der Waals surface area contributed by atoms with Gasteiger partial charge >= 0.3 is 0 Å². The van der Waals surface area contributed by atoms with Crippen molar-refractivity contribution < 1.29 is 4.79 Å². The van der Waals surface area contributed by atoms with Crippen LogP contribution in [0.4, 0.5) is 0 Å². The molecule has 0 fully saturated rings. The van der Waals surface area contributed by atoms with Gasteiger partial charge in [0.1, 0.15) is 0 Å². The van der Waals surface area contributed by atoms with Crippen LogP contribution in [0.15, 0.2) is 12.7 Å². The van der Waals surface area contributed by atoms with Crippen LogP contribution < -0.4 is 5.32 Å². The van der Waals surface area contributed by atoms with E-state index in [1.807, 2.05) is 13.8 Å². The molecule has 0 rings (SSSR count). The van der Waals surface area contributed by atoms with Crippen molar-refractivity contribution >= 4 is 5.91 Å². The Morgan fingerprint density at radius 2 is 2.25 bits per heavy atom. The van der Waals surface area contributed by atoms with Crippen molar-refractivity contribution in [3.63, 3.8) is 0 Å². The summed E-state index contributed by atoms with van der Waals surface area (Å²) in [5, 5.41) is 2.84. The van der Waals surface area contributed by atoms with Crippen molar-refractivity contribution in [1.82, 2.24) is 10.2 Å². The molecular weight excluding hydrogens is 152 g/mol. The van der Waals surface area contributed by atoms with Crippen LogP contribution in [0.1, 0.15) is 13.8 Å². The Bertz CT molecular complexity index is 155. The van der Waals surface area contributed by atoms with Crippen LogP contribution in [0.2, 0.25) is 0 Å². The Morgan fingerprint density at radius 3 is 2.58 bits per heavy atom. The third-order valence-corrected chi connectivity index (χ3v) is 1.60. The molecule has 0 aromatic heterocycles. The van der Waals surface area contributed by atoms with Crippen LogP contribution in [0.3, 0.4) is 0 Å². The highest BCUT2D eigenvalue weighted by Crippen LogP contribution is 1.97. The lowest BCUT2D eigenvalue weighted by molar-refractivity contribution is -0.131. The van der Waals surface area contributed by atoms with E-state index in [9.17, 15) is 4.79 Å². The van der Waals surface area contributed by atoms with E-state index >= 15 is 0 Å². The zero-order valence-corrected chi connectivity index (χ0v) is 8.13. The van der Waals surface area contributed by atoms with Gasteiger partial charge in [-0.15, -0.1) is 6.58 Å². The van der Waals surface area contributed by atoms with Gasteiger partial charge in [-0.25, -0.2) is 0 Å². The number of amides is 1. The molecule has 0 bridgehead atoms. The van der Waals surface area contributed by atoms with Gasteiger partial charge in [0.2, 0.25) is 5.91 Å². The summed E-state index contributed by atoms with van der Waals surface area (Å²) in [7, 11) is 1.77. The molecule has 0 atom stereocenters. The summed E-state index contributed by atoms with van der Waals surface area (Å²) in [6.45, 7) is 8.62. The summed E-state index contributed by atoms with van der Waals surface area (Å²) >= 11 is 0. The smallest absolute Gasteiger partial charge is 0.237 e. The topological polar surface area (TPSA) is 32.3 Å². The fourth-order valence-electron chi connectivity index (χ4n) is 0.992. The molecular formula is C9H18N2O. The summed E-state index contributed by atoms with van der Waals surface area (Å²) in [5.74, 6) is 0.118. The molecule has 0 spiro atoms. The number of rotatable bonds is 5. The molecule has 0 saturated heterocycles.